The molecule has 2 saturated heterocycles. The maximum Gasteiger partial charge on any atom is 0.162 e. The number of ether oxygens (including phenoxy) is 1. The van der Waals surface area contributed by atoms with Crippen molar-refractivity contribution in [2.75, 3.05) is 45.9 Å². The number of carbonyl (C=O) groups excluding carboxylic acids is 1. The van der Waals surface area contributed by atoms with Crippen LogP contribution in [0.2, 0.25) is 0 Å². The van der Waals surface area contributed by atoms with Crippen LogP contribution < -0.4 is 0 Å². The first-order valence-corrected chi connectivity index (χ1v) is 9.55. The minimum atomic E-state index is -0.296. The Morgan fingerprint density at radius 2 is 1.88 bits per heavy atom. The molecule has 0 spiro atoms. The van der Waals surface area contributed by atoms with Crippen LogP contribution in [0, 0.1) is 5.82 Å². The standard InChI is InChI=1S/C20H29FN2O2/c21-18-8-6-17(7-9-18)20(24)5-3-11-23-10-2-1-4-19(23)16-22-12-14-25-15-13-22/h6-9,19H,1-5,10-16H2/t19-/m0/s1. The smallest absolute Gasteiger partial charge is 0.162 e. The number of carbonyl (C=O) groups is 1. The first kappa shape index (κ1) is 18.5. The molecule has 0 radical (unpaired) electrons. The summed E-state index contributed by atoms with van der Waals surface area (Å²) >= 11 is 0. The van der Waals surface area contributed by atoms with Gasteiger partial charge in [-0.2, -0.15) is 0 Å². The number of nitrogens with zero attached hydrogens (tertiary/aromatic N) is 2. The maximum absolute atomic E-state index is 13.0. The molecular formula is C20H29FN2O2. The zero-order valence-electron chi connectivity index (χ0n) is 15.0. The summed E-state index contributed by atoms with van der Waals surface area (Å²) in [4.78, 5) is 17.3. The fourth-order valence-corrected chi connectivity index (χ4v) is 3.87. The molecule has 0 aliphatic carbocycles. The van der Waals surface area contributed by atoms with E-state index in [9.17, 15) is 9.18 Å². The van der Waals surface area contributed by atoms with Crippen molar-refractivity contribution in [2.45, 2.75) is 38.1 Å². The molecule has 0 amide bonds. The van der Waals surface area contributed by atoms with E-state index in [4.69, 9.17) is 4.74 Å². The second kappa shape index (κ2) is 9.41. The molecule has 4 nitrogen and oxygen atoms in total. The van der Waals surface area contributed by atoms with Crippen LogP contribution >= 0.6 is 0 Å². The van der Waals surface area contributed by atoms with Crippen molar-refractivity contribution >= 4 is 5.78 Å². The number of rotatable bonds is 7. The highest BCUT2D eigenvalue weighted by atomic mass is 19.1. The lowest BCUT2D eigenvalue weighted by atomic mass is 10.00. The lowest BCUT2D eigenvalue weighted by Crippen LogP contribution is -2.49. The molecule has 0 saturated carbocycles. The zero-order valence-corrected chi connectivity index (χ0v) is 15.0. The molecule has 1 atom stereocenters. The zero-order chi connectivity index (χ0) is 17.5. The minimum absolute atomic E-state index is 0.113. The summed E-state index contributed by atoms with van der Waals surface area (Å²) in [6, 6.07) is 6.49. The number of hydrogen-bond donors (Lipinski definition) is 0. The Bertz CT molecular complexity index is 543. The lowest BCUT2D eigenvalue weighted by molar-refractivity contribution is 0.0165. The van der Waals surface area contributed by atoms with Gasteiger partial charge in [0, 0.05) is 37.7 Å². The van der Waals surface area contributed by atoms with Gasteiger partial charge < -0.3 is 4.74 Å². The second-order valence-electron chi connectivity index (χ2n) is 7.13. The predicted octanol–water partition coefficient (Wildman–Crippen LogP) is 2.98. The highest BCUT2D eigenvalue weighted by molar-refractivity contribution is 5.95. The van der Waals surface area contributed by atoms with Gasteiger partial charge in [-0.15, -0.1) is 0 Å². The number of halogens is 1. The molecule has 2 aliphatic heterocycles. The molecule has 2 aliphatic rings. The van der Waals surface area contributed by atoms with Crippen LogP contribution in [-0.4, -0.2) is 67.6 Å². The van der Waals surface area contributed by atoms with Gasteiger partial charge in [0.2, 0.25) is 0 Å². The molecule has 1 aromatic carbocycles. The average molecular weight is 348 g/mol. The number of piperidine rings is 1. The summed E-state index contributed by atoms with van der Waals surface area (Å²) in [5.41, 5.74) is 0.616. The van der Waals surface area contributed by atoms with E-state index in [1.807, 2.05) is 0 Å². The van der Waals surface area contributed by atoms with Crippen molar-refractivity contribution in [3.8, 4) is 0 Å². The Kier molecular flexibility index (Phi) is 6.96. The van der Waals surface area contributed by atoms with Gasteiger partial charge in [-0.3, -0.25) is 14.6 Å². The van der Waals surface area contributed by atoms with Gasteiger partial charge in [-0.25, -0.2) is 4.39 Å². The fourth-order valence-electron chi connectivity index (χ4n) is 3.87. The fraction of sp³-hybridized carbons (Fsp3) is 0.650. The lowest BCUT2D eigenvalue weighted by Gasteiger charge is -2.39. The molecule has 25 heavy (non-hydrogen) atoms. The molecule has 2 heterocycles. The first-order chi connectivity index (χ1) is 12.2. The molecule has 138 valence electrons. The van der Waals surface area contributed by atoms with Crippen molar-refractivity contribution in [3.63, 3.8) is 0 Å². The Morgan fingerprint density at radius 1 is 1.12 bits per heavy atom. The summed E-state index contributed by atoms with van der Waals surface area (Å²) in [5, 5.41) is 0. The molecular weight excluding hydrogens is 319 g/mol. The number of benzene rings is 1. The largest absolute Gasteiger partial charge is 0.379 e. The normalized spacial score (nSPS) is 22.8. The Morgan fingerprint density at radius 3 is 2.64 bits per heavy atom. The molecule has 0 bridgehead atoms. The van der Waals surface area contributed by atoms with Crippen LogP contribution in [0.3, 0.4) is 0 Å². The maximum atomic E-state index is 13.0. The Labute approximate surface area is 149 Å². The van der Waals surface area contributed by atoms with E-state index < -0.39 is 0 Å². The average Bonchev–Trinajstić information content (AvgIpc) is 2.64. The number of hydrogen-bond acceptors (Lipinski definition) is 4. The third-order valence-electron chi connectivity index (χ3n) is 5.34. The van der Waals surface area contributed by atoms with Crippen molar-refractivity contribution < 1.29 is 13.9 Å². The molecule has 0 aromatic heterocycles. The van der Waals surface area contributed by atoms with Crippen LogP contribution in [0.1, 0.15) is 42.5 Å². The van der Waals surface area contributed by atoms with E-state index in [2.05, 4.69) is 9.80 Å². The highest BCUT2D eigenvalue weighted by Gasteiger charge is 2.25. The molecule has 0 unspecified atom stereocenters. The van der Waals surface area contributed by atoms with Crippen LogP contribution in [0.25, 0.3) is 0 Å². The first-order valence-electron chi connectivity index (χ1n) is 9.55. The van der Waals surface area contributed by atoms with E-state index in [-0.39, 0.29) is 11.6 Å². The summed E-state index contributed by atoms with van der Waals surface area (Å²) < 4.78 is 18.4. The van der Waals surface area contributed by atoms with E-state index in [1.54, 1.807) is 12.1 Å². The van der Waals surface area contributed by atoms with Crippen molar-refractivity contribution in [1.29, 1.82) is 0 Å². The number of Topliss-reactive ketones (excluding diaryl/α,β-unsaturated/α-hetero) is 1. The van der Waals surface area contributed by atoms with Gasteiger partial charge in [0.05, 0.1) is 13.2 Å². The van der Waals surface area contributed by atoms with Crippen LogP contribution in [0.15, 0.2) is 24.3 Å². The van der Waals surface area contributed by atoms with Gasteiger partial charge >= 0.3 is 0 Å². The van der Waals surface area contributed by atoms with E-state index in [0.717, 1.165) is 52.4 Å². The third kappa shape index (κ3) is 5.59. The monoisotopic (exact) mass is 348 g/mol. The third-order valence-corrected chi connectivity index (χ3v) is 5.34. The summed E-state index contributed by atoms with van der Waals surface area (Å²) in [5.74, 6) is -0.183. The summed E-state index contributed by atoms with van der Waals surface area (Å²) in [7, 11) is 0. The van der Waals surface area contributed by atoms with Crippen molar-refractivity contribution in [3.05, 3.63) is 35.6 Å². The summed E-state index contributed by atoms with van der Waals surface area (Å²) in [6.07, 6.45) is 5.22. The topological polar surface area (TPSA) is 32.8 Å². The molecule has 1 aromatic rings. The van der Waals surface area contributed by atoms with E-state index >= 15 is 0 Å². The predicted molar refractivity (Wildman–Crippen MR) is 96.4 cm³/mol. The van der Waals surface area contributed by atoms with E-state index in [0.29, 0.717) is 18.0 Å². The van der Waals surface area contributed by atoms with Gasteiger partial charge in [0.15, 0.2) is 5.78 Å². The highest BCUT2D eigenvalue weighted by Crippen LogP contribution is 2.19. The Balaban J connectivity index is 1.44. The summed E-state index contributed by atoms with van der Waals surface area (Å²) in [6.45, 7) is 7.00. The number of likely N-dealkylation sites (tertiary alicyclic amines) is 1. The molecule has 5 heteroatoms. The molecule has 2 fully saturated rings. The van der Waals surface area contributed by atoms with Gasteiger partial charge in [-0.1, -0.05) is 6.42 Å². The quantitative estimate of drug-likeness (QED) is 0.709. The number of ketones is 1. The van der Waals surface area contributed by atoms with Gasteiger partial charge in [0.25, 0.3) is 0 Å². The Hall–Kier alpha value is -1.30. The van der Waals surface area contributed by atoms with E-state index in [1.165, 1.54) is 31.4 Å². The molecule has 3 rings (SSSR count). The second-order valence-corrected chi connectivity index (χ2v) is 7.13. The van der Waals surface area contributed by atoms with Crippen molar-refractivity contribution in [1.82, 2.24) is 9.80 Å². The van der Waals surface area contributed by atoms with Crippen LogP contribution in [-0.2, 0) is 4.74 Å². The van der Waals surface area contributed by atoms with Crippen LogP contribution in [0.4, 0.5) is 4.39 Å². The number of morpholine rings is 1. The van der Waals surface area contributed by atoms with Gasteiger partial charge in [-0.05, 0) is 56.6 Å². The molecule has 0 N–H and O–H groups in total. The van der Waals surface area contributed by atoms with Gasteiger partial charge in [0.1, 0.15) is 5.82 Å². The van der Waals surface area contributed by atoms with Crippen LogP contribution in [0.5, 0.6) is 0 Å². The SMILES string of the molecule is O=C(CCCN1CCCC[C@H]1CN1CCOCC1)c1ccc(F)cc1. The minimum Gasteiger partial charge on any atom is -0.379 e. The van der Waals surface area contributed by atoms with Crippen molar-refractivity contribution in [2.24, 2.45) is 0 Å².